The number of nitrogens with zero attached hydrogens (tertiary/aromatic N) is 2. The lowest BCUT2D eigenvalue weighted by atomic mass is 10.0. The van der Waals surface area contributed by atoms with Crippen molar-refractivity contribution in [3.05, 3.63) is 58.1 Å². The van der Waals surface area contributed by atoms with Gasteiger partial charge in [-0.25, -0.2) is 8.42 Å². The number of carbonyl (C=O) groups excluding carboxylic acids is 1. The Bertz CT molecular complexity index is 1020. The van der Waals surface area contributed by atoms with Crippen LogP contribution in [0.5, 0.6) is 5.75 Å². The van der Waals surface area contributed by atoms with Gasteiger partial charge >= 0.3 is 0 Å². The molecule has 1 amide bonds. The van der Waals surface area contributed by atoms with E-state index in [1.165, 1.54) is 19.2 Å². The van der Waals surface area contributed by atoms with Crippen LogP contribution < -0.4 is 14.4 Å². The Morgan fingerprint density at radius 2 is 1.90 bits per heavy atom. The van der Waals surface area contributed by atoms with E-state index in [1.807, 2.05) is 26.0 Å². The predicted molar refractivity (Wildman–Crippen MR) is 111 cm³/mol. The summed E-state index contributed by atoms with van der Waals surface area (Å²) in [4.78, 5) is 23.1. The summed E-state index contributed by atoms with van der Waals surface area (Å²) in [5.41, 5.74) is 1.07. The lowest BCUT2D eigenvalue weighted by molar-refractivity contribution is -0.384. The van der Waals surface area contributed by atoms with E-state index in [4.69, 9.17) is 4.74 Å². The van der Waals surface area contributed by atoms with E-state index in [2.05, 4.69) is 5.32 Å². The van der Waals surface area contributed by atoms with Crippen LogP contribution in [-0.4, -0.2) is 39.2 Å². The van der Waals surface area contributed by atoms with Gasteiger partial charge < -0.3 is 10.1 Å². The number of ether oxygens (including phenoxy) is 1. The summed E-state index contributed by atoms with van der Waals surface area (Å²) in [7, 11) is -2.63. The molecular weight excluding hydrogens is 398 g/mol. The van der Waals surface area contributed by atoms with Gasteiger partial charge in [-0.2, -0.15) is 0 Å². The molecule has 2 aromatic rings. The second-order valence-corrected chi connectivity index (χ2v) is 8.58. The van der Waals surface area contributed by atoms with Crippen LogP contribution in [0.3, 0.4) is 0 Å². The Labute approximate surface area is 169 Å². The summed E-state index contributed by atoms with van der Waals surface area (Å²) >= 11 is 0. The maximum Gasteiger partial charge on any atom is 0.271 e. The molecule has 0 saturated carbocycles. The molecule has 0 atom stereocenters. The first kappa shape index (κ1) is 22.2. The van der Waals surface area contributed by atoms with Crippen LogP contribution in [0.25, 0.3) is 0 Å². The smallest absolute Gasteiger partial charge is 0.271 e. The molecule has 0 heterocycles. The molecule has 0 fully saturated rings. The van der Waals surface area contributed by atoms with Gasteiger partial charge in [0.2, 0.25) is 15.9 Å². The fraction of sp³-hybridized carbons (Fsp3) is 0.316. The van der Waals surface area contributed by atoms with Gasteiger partial charge in [-0.05, 0) is 23.6 Å². The van der Waals surface area contributed by atoms with Gasteiger partial charge in [0.1, 0.15) is 18.0 Å². The van der Waals surface area contributed by atoms with E-state index in [-0.39, 0.29) is 23.0 Å². The van der Waals surface area contributed by atoms with Crippen LogP contribution in [0.4, 0.5) is 17.1 Å². The molecule has 0 aromatic heterocycles. The number of amides is 1. The molecule has 156 valence electrons. The maximum absolute atomic E-state index is 12.6. The first-order chi connectivity index (χ1) is 13.5. The van der Waals surface area contributed by atoms with Gasteiger partial charge in [-0.15, -0.1) is 0 Å². The number of benzene rings is 2. The fourth-order valence-electron chi connectivity index (χ4n) is 2.80. The quantitative estimate of drug-likeness (QED) is 0.517. The van der Waals surface area contributed by atoms with Crippen molar-refractivity contribution in [1.29, 1.82) is 0 Å². The van der Waals surface area contributed by atoms with Gasteiger partial charge in [-0.3, -0.25) is 19.2 Å². The normalized spacial score (nSPS) is 11.2. The molecule has 9 nitrogen and oxygen atoms in total. The Hall–Kier alpha value is -3.14. The largest absolute Gasteiger partial charge is 0.495 e. The van der Waals surface area contributed by atoms with E-state index in [0.717, 1.165) is 22.2 Å². The number of nitro groups is 1. The number of rotatable bonds is 8. The van der Waals surface area contributed by atoms with Gasteiger partial charge in [0.05, 0.1) is 18.3 Å². The number of nitro benzene ring substituents is 1. The van der Waals surface area contributed by atoms with Crippen molar-refractivity contribution in [3.8, 4) is 5.75 Å². The number of sulfonamides is 1. The minimum absolute atomic E-state index is 0.0866. The highest BCUT2D eigenvalue weighted by atomic mass is 32.2. The molecule has 0 saturated heterocycles. The van der Waals surface area contributed by atoms with E-state index in [9.17, 15) is 23.3 Å². The molecule has 2 rings (SSSR count). The molecule has 29 heavy (non-hydrogen) atoms. The molecule has 2 aromatic carbocycles. The standard InChI is InChI=1S/C19H23N3O6S/c1-13(2)15-7-5-6-8-16(15)20-19(23)12-21(29(4,26)27)17-11-14(22(24)25)9-10-18(17)28-3/h5-11,13H,12H2,1-4H3,(H,20,23). The molecule has 10 heteroatoms. The molecule has 1 N–H and O–H groups in total. The summed E-state index contributed by atoms with van der Waals surface area (Å²) in [6.45, 7) is 3.38. The molecule has 0 radical (unpaired) electrons. The predicted octanol–water partition coefficient (Wildman–Crippen LogP) is 3.13. The van der Waals surface area contributed by atoms with E-state index < -0.39 is 27.4 Å². The summed E-state index contributed by atoms with van der Waals surface area (Å²) in [6.07, 6.45) is 0.917. The summed E-state index contributed by atoms with van der Waals surface area (Å²) < 4.78 is 30.7. The zero-order chi connectivity index (χ0) is 21.8. The lowest BCUT2D eigenvalue weighted by Gasteiger charge is -2.24. The van der Waals surface area contributed by atoms with Crippen molar-refractivity contribution >= 4 is 33.0 Å². The van der Waals surface area contributed by atoms with E-state index in [0.29, 0.717) is 5.69 Å². The summed E-state index contributed by atoms with van der Waals surface area (Å²) in [5, 5.41) is 13.8. The number of non-ortho nitro benzene ring substituents is 1. The molecule has 0 bridgehead atoms. The molecule has 0 unspecified atom stereocenters. The van der Waals surface area contributed by atoms with E-state index in [1.54, 1.807) is 12.1 Å². The first-order valence-corrected chi connectivity index (χ1v) is 10.6. The monoisotopic (exact) mass is 421 g/mol. The third-order valence-electron chi connectivity index (χ3n) is 4.19. The second kappa shape index (κ2) is 8.91. The zero-order valence-electron chi connectivity index (χ0n) is 16.6. The van der Waals surface area contributed by atoms with Crippen LogP contribution in [0.1, 0.15) is 25.3 Å². The molecule has 0 aliphatic rings. The molecule has 0 spiro atoms. The average Bonchev–Trinajstić information content (AvgIpc) is 2.65. The van der Waals surface area contributed by atoms with Crippen molar-refractivity contribution < 1.29 is 22.9 Å². The van der Waals surface area contributed by atoms with Gasteiger partial charge in [0.25, 0.3) is 5.69 Å². The van der Waals surface area contributed by atoms with Crippen molar-refractivity contribution in [1.82, 2.24) is 0 Å². The Morgan fingerprint density at radius 3 is 2.45 bits per heavy atom. The minimum Gasteiger partial charge on any atom is -0.495 e. The first-order valence-electron chi connectivity index (χ1n) is 8.73. The topological polar surface area (TPSA) is 119 Å². The number of para-hydroxylation sites is 1. The Kier molecular flexibility index (Phi) is 6.80. The molecule has 0 aliphatic carbocycles. The summed E-state index contributed by atoms with van der Waals surface area (Å²) in [6, 6.07) is 10.8. The Balaban J connectivity index is 2.40. The highest BCUT2D eigenvalue weighted by molar-refractivity contribution is 7.92. The molecular formula is C19H23N3O6S. The summed E-state index contributed by atoms with van der Waals surface area (Å²) in [5.74, 6) is -0.345. The van der Waals surface area contributed by atoms with Crippen LogP contribution in [0.2, 0.25) is 0 Å². The van der Waals surface area contributed by atoms with Crippen molar-refractivity contribution in [2.24, 2.45) is 0 Å². The Morgan fingerprint density at radius 1 is 1.24 bits per heavy atom. The van der Waals surface area contributed by atoms with Gasteiger partial charge in [0.15, 0.2) is 0 Å². The fourth-order valence-corrected chi connectivity index (χ4v) is 3.65. The highest BCUT2D eigenvalue weighted by Gasteiger charge is 2.26. The number of nitrogens with one attached hydrogen (secondary N) is 1. The number of hydrogen-bond donors (Lipinski definition) is 1. The average molecular weight is 421 g/mol. The van der Waals surface area contributed by atoms with Gasteiger partial charge in [-0.1, -0.05) is 32.0 Å². The highest BCUT2D eigenvalue weighted by Crippen LogP contribution is 2.33. The molecule has 0 aliphatic heterocycles. The minimum atomic E-state index is -3.94. The number of hydrogen-bond acceptors (Lipinski definition) is 6. The number of methoxy groups -OCH3 is 1. The van der Waals surface area contributed by atoms with Gasteiger partial charge in [0, 0.05) is 17.8 Å². The van der Waals surface area contributed by atoms with Crippen LogP contribution in [0, 0.1) is 10.1 Å². The second-order valence-electron chi connectivity index (χ2n) is 6.67. The van der Waals surface area contributed by atoms with Crippen LogP contribution in [0.15, 0.2) is 42.5 Å². The van der Waals surface area contributed by atoms with Crippen LogP contribution >= 0.6 is 0 Å². The third kappa shape index (κ3) is 5.44. The van der Waals surface area contributed by atoms with Crippen LogP contribution in [-0.2, 0) is 14.8 Å². The van der Waals surface area contributed by atoms with Crippen molar-refractivity contribution in [2.45, 2.75) is 19.8 Å². The maximum atomic E-state index is 12.6. The van der Waals surface area contributed by atoms with Crippen molar-refractivity contribution in [3.63, 3.8) is 0 Å². The zero-order valence-corrected chi connectivity index (χ0v) is 17.4. The third-order valence-corrected chi connectivity index (χ3v) is 5.31. The van der Waals surface area contributed by atoms with E-state index >= 15 is 0 Å². The van der Waals surface area contributed by atoms with Crippen molar-refractivity contribution in [2.75, 3.05) is 29.5 Å². The SMILES string of the molecule is COc1ccc([N+](=O)[O-])cc1N(CC(=O)Nc1ccccc1C(C)C)S(C)(=O)=O. The number of anilines is 2. The lowest BCUT2D eigenvalue weighted by Crippen LogP contribution is -2.37. The number of carbonyl (C=O) groups is 1.